The lowest BCUT2D eigenvalue weighted by Gasteiger charge is -2.44. The predicted octanol–water partition coefficient (Wildman–Crippen LogP) is 4.10. The standard InChI is InChI=1S/C21H26ClNO3/c22-17-9-7-16(8-10-17)21(11-12-21)20(25)26-14-19(24)23-13-3-5-15-4-1-2-6-18(15)23/h7-10,15,18H,1-6,11-14H2/t15-,18-/m1/s1. The Morgan fingerprint density at radius 2 is 1.77 bits per heavy atom. The highest BCUT2D eigenvalue weighted by molar-refractivity contribution is 6.30. The highest BCUT2D eigenvalue weighted by Crippen LogP contribution is 2.49. The Balaban J connectivity index is 1.37. The fourth-order valence-corrected chi connectivity index (χ4v) is 4.91. The highest BCUT2D eigenvalue weighted by Gasteiger charge is 2.53. The number of hydrogen-bond acceptors (Lipinski definition) is 3. The van der Waals surface area contributed by atoms with Crippen molar-refractivity contribution in [3.05, 3.63) is 34.9 Å². The lowest BCUT2D eigenvalue weighted by atomic mass is 9.78. The van der Waals surface area contributed by atoms with Gasteiger partial charge in [-0.05, 0) is 62.1 Å². The summed E-state index contributed by atoms with van der Waals surface area (Å²) >= 11 is 5.94. The van der Waals surface area contributed by atoms with Crippen molar-refractivity contribution in [2.75, 3.05) is 13.2 Å². The molecule has 2 saturated carbocycles. The Kier molecular flexibility index (Phi) is 4.96. The summed E-state index contributed by atoms with van der Waals surface area (Å²) in [7, 11) is 0. The maximum Gasteiger partial charge on any atom is 0.317 e. The number of benzene rings is 1. The molecule has 1 aromatic carbocycles. The molecular formula is C21H26ClNO3. The van der Waals surface area contributed by atoms with Gasteiger partial charge in [0, 0.05) is 17.6 Å². The van der Waals surface area contributed by atoms with Gasteiger partial charge < -0.3 is 9.64 Å². The summed E-state index contributed by atoms with van der Waals surface area (Å²) in [5.74, 6) is 0.341. The van der Waals surface area contributed by atoms with Gasteiger partial charge in [-0.25, -0.2) is 0 Å². The normalized spacial score (nSPS) is 26.7. The predicted molar refractivity (Wildman–Crippen MR) is 100 cm³/mol. The van der Waals surface area contributed by atoms with Crippen LogP contribution < -0.4 is 0 Å². The molecule has 4 nitrogen and oxygen atoms in total. The van der Waals surface area contributed by atoms with Crippen LogP contribution in [0.3, 0.4) is 0 Å². The van der Waals surface area contributed by atoms with E-state index in [0.717, 1.165) is 37.8 Å². The molecule has 5 heteroatoms. The Bertz CT molecular complexity index is 681. The molecule has 4 rings (SSSR count). The van der Waals surface area contributed by atoms with Crippen molar-refractivity contribution in [3.8, 4) is 0 Å². The van der Waals surface area contributed by atoms with E-state index in [0.29, 0.717) is 17.0 Å². The van der Waals surface area contributed by atoms with Crippen LogP contribution in [0.1, 0.15) is 56.9 Å². The average Bonchev–Trinajstić information content (AvgIpc) is 3.48. The average molecular weight is 376 g/mol. The van der Waals surface area contributed by atoms with Gasteiger partial charge in [-0.2, -0.15) is 0 Å². The van der Waals surface area contributed by atoms with Gasteiger partial charge in [0.25, 0.3) is 5.91 Å². The van der Waals surface area contributed by atoms with E-state index >= 15 is 0 Å². The minimum Gasteiger partial charge on any atom is -0.455 e. The van der Waals surface area contributed by atoms with E-state index in [2.05, 4.69) is 0 Å². The number of rotatable bonds is 4. The lowest BCUT2D eigenvalue weighted by Crippen LogP contribution is -2.51. The third-order valence-electron chi connectivity index (χ3n) is 6.43. The number of likely N-dealkylation sites (tertiary alicyclic amines) is 1. The zero-order valence-electron chi connectivity index (χ0n) is 15.1. The Morgan fingerprint density at radius 3 is 2.50 bits per heavy atom. The minimum atomic E-state index is -0.569. The van der Waals surface area contributed by atoms with E-state index in [1.807, 2.05) is 17.0 Å². The summed E-state index contributed by atoms with van der Waals surface area (Å²) in [4.78, 5) is 27.4. The summed E-state index contributed by atoms with van der Waals surface area (Å²) in [6, 6.07) is 7.72. The lowest BCUT2D eigenvalue weighted by molar-refractivity contribution is -0.156. The number of hydrogen-bond donors (Lipinski definition) is 0. The number of nitrogens with zero attached hydrogens (tertiary/aromatic N) is 1. The van der Waals surface area contributed by atoms with Crippen LogP contribution in [0.5, 0.6) is 0 Å². The topological polar surface area (TPSA) is 46.6 Å². The second kappa shape index (κ2) is 7.22. The molecule has 1 aliphatic heterocycles. The number of ether oxygens (including phenoxy) is 1. The van der Waals surface area contributed by atoms with Crippen LogP contribution in [0, 0.1) is 5.92 Å². The van der Waals surface area contributed by atoms with Gasteiger partial charge in [0.1, 0.15) is 0 Å². The third-order valence-corrected chi connectivity index (χ3v) is 6.68. The number of esters is 1. The van der Waals surface area contributed by atoms with Crippen molar-refractivity contribution in [1.29, 1.82) is 0 Å². The smallest absolute Gasteiger partial charge is 0.317 e. The maximum atomic E-state index is 12.7. The molecule has 2 aliphatic carbocycles. The molecule has 0 N–H and O–H groups in total. The van der Waals surface area contributed by atoms with E-state index in [1.165, 1.54) is 25.7 Å². The van der Waals surface area contributed by atoms with Gasteiger partial charge in [0.05, 0.1) is 5.41 Å². The van der Waals surface area contributed by atoms with Crippen LogP contribution in [0.2, 0.25) is 5.02 Å². The van der Waals surface area contributed by atoms with Gasteiger partial charge in [-0.3, -0.25) is 9.59 Å². The van der Waals surface area contributed by atoms with Crippen molar-refractivity contribution in [3.63, 3.8) is 0 Å². The zero-order chi connectivity index (χ0) is 18.1. The van der Waals surface area contributed by atoms with Crippen LogP contribution in [0.15, 0.2) is 24.3 Å². The largest absolute Gasteiger partial charge is 0.455 e. The van der Waals surface area contributed by atoms with E-state index in [-0.39, 0.29) is 18.5 Å². The van der Waals surface area contributed by atoms with Crippen LogP contribution in [0.4, 0.5) is 0 Å². The van der Waals surface area contributed by atoms with Crippen molar-refractivity contribution >= 4 is 23.5 Å². The third kappa shape index (κ3) is 3.36. The molecule has 26 heavy (non-hydrogen) atoms. The molecule has 1 amide bonds. The van der Waals surface area contributed by atoms with E-state index in [9.17, 15) is 9.59 Å². The fourth-order valence-electron chi connectivity index (χ4n) is 4.79. The molecule has 0 aromatic heterocycles. The molecule has 3 fully saturated rings. The van der Waals surface area contributed by atoms with Gasteiger partial charge in [-0.15, -0.1) is 0 Å². The van der Waals surface area contributed by atoms with Crippen LogP contribution in [0.25, 0.3) is 0 Å². The molecule has 3 aliphatic rings. The fraction of sp³-hybridized carbons (Fsp3) is 0.619. The van der Waals surface area contributed by atoms with E-state index < -0.39 is 5.41 Å². The number of fused-ring (bicyclic) bond motifs is 1. The Hall–Kier alpha value is -1.55. The first-order valence-corrected chi connectivity index (χ1v) is 10.2. The van der Waals surface area contributed by atoms with Crippen LogP contribution in [-0.2, 0) is 19.7 Å². The zero-order valence-corrected chi connectivity index (χ0v) is 15.8. The van der Waals surface area contributed by atoms with E-state index in [4.69, 9.17) is 16.3 Å². The monoisotopic (exact) mass is 375 g/mol. The number of piperidine rings is 1. The SMILES string of the molecule is O=C(COC(=O)C1(c2ccc(Cl)cc2)CC1)N1CCC[C@H]2CCCC[C@H]21. The van der Waals surface area contributed by atoms with Gasteiger partial charge in [0.15, 0.2) is 6.61 Å². The molecule has 140 valence electrons. The first kappa shape index (κ1) is 17.8. The molecule has 0 spiro atoms. The molecule has 2 atom stereocenters. The number of amides is 1. The van der Waals surface area contributed by atoms with Crippen molar-refractivity contribution in [2.24, 2.45) is 5.92 Å². The summed E-state index contributed by atoms with van der Waals surface area (Å²) in [5, 5.41) is 0.653. The molecule has 0 unspecified atom stereocenters. The summed E-state index contributed by atoms with van der Waals surface area (Å²) < 4.78 is 5.49. The second-order valence-corrected chi connectivity index (χ2v) is 8.44. The minimum absolute atomic E-state index is 0.0261. The van der Waals surface area contributed by atoms with Gasteiger partial charge in [-0.1, -0.05) is 36.6 Å². The molecule has 1 aromatic rings. The molecule has 0 radical (unpaired) electrons. The van der Waals surface area contributed by atoms with Crippen LogP contribution in [-0.4, -0.2) is 36.0 Å². The quantitative estimate of drug-likeness (QED) is 0.744. The molecule has 1 saturated heterocycles. The van der Waals surface area contributed by atoms with Gasteiger partial charge >= 0.3 is 5.97 Å². The van der Waals surface area contributed by atoms with Crippen molar-refractivity contribution < 1.29 is 14.3 Å². The summed E-state index contributed by atoms with van der Waals surface area (Å²) in [6.07, 6.45) is 8.65. The summed E-state index contributed by atoms with van der Waals surface area (Å²) in [6.45, 7) is 0.678. The molecule has 1 heterocycles. The Labute approximate surface area is 159 Å². The van der Waals surface area contributed by atoms with Crippen LogP contribution >= 0.6 is 11.6 Å². The molecular weight excluding hydrogens is 350 g/mol. The first-order valence-electron chi connectivity index (χ1n) is 9.83. The van der Waals surface area contributed by atoms with Crippen molar-refractivity contribution in [2.45, 2.75) is 62.8 Å². The number of carbonyl (C=O) groups is 2. The maximum absolute atomic E-state index is 12.7. The number of carbonyl (C=O) groups excluding carboxylic acids is 2. The summed E-state index contributed by atoms with van der Waals surface area (Å²) in [5.41, 5.74) is 0.366. The second-order valence-electron chi connectivity index (χ2n) is 8.01. The number of halogens is 1. The Morgan fingerprint density at radius 1 is 1.08 bits per heavy atom. The highest BCUT2D eigenvalue weighted by atomic mass is 35.5. The van der Waals surface area contributed by atoms with Crippen molar-refractivity contribution in [1.82, 2.24) is 4.90 Å². The van der Waals surface area contributed by atoms with E-state index in [1.54, 1.807) is 12.1 Å². The molecule has 0 bridgehead atoms. The van der Waals surface area contributed by atoms with Gasteiger partial charge in [0.2, 0.25) is 0 Å². The first-order chi connectivity index (χ1) is 12.6.